The van der Waals surface area contributed by atoms with E-state index in [2.05, 4.69) is 27.1 Å². The predicted molar refractivity (Wildman–Crippen MR) is 96.2 cm³/mol. The van der Waals surface area contributed by atoms with Gasteiger partial charge in [-0.15, -0.1) is 0 Å². The number of rotatable bonds is 4. The van der Waals surface area contributed by atoms with Crippen molar-refractivity contribution in [1.29, 1.82) is 5.26 Å². The molecular formula is C18H18BrN3O3. The molecule has 6 nitrogen and oxygen atoms in total. The molecule has 0 bridgehead atoms. The van der Waals surface area contributed by atoms with E-state index < -0.39 is 0 Å². The van der Waals surface area contributed by atoms with E-state index in [0.29, 0.717) is 37.6 Å². The van der Waals surface area contributed by atoms with Crippen LogP contribution >= 0.6 is 15.9 Å². The zero-order chi connectivity index (χ0) is 18.0. The largest absolute Gasteiger partial charge is 0.486 e. The average Bonchev–Trinajstić information content (AvgIpc) is 2.63. The fraction of sp³-hybridized carbons (Fsp3) is 0.389. The summed E-state index contributed by atoms with van der Waals surface area (Å²) in [5.74, 6) is 1.33. The van der Waals surface area contributed by atoms with Crippen LogP contribution in [0.2, 0.25) is 0 Å². The maximum atomic E-state index is 12.7. The number of hydrogen-bond acceptors (Lipinski definition) is 5. The number of fused-ring (bicyclic) bond motifs is 1. The average molecular weight is 404 g/mol. The molecule has 1 aromatic heterocycles. The zero-order valence-corrected chi connectivity index (χ0v) is 15.7. The molecule has 1 aromatic carbocycles. The molecule has 0 saturated heterocycles. The first-order chi connectivity index (χ1) is 12.1. The van der Waals surface area contributed by atoms with Crippen molar-refractivity contribution in [3.8, 4) is 17.6 Å². The predicted octanol–water partition coefficient (Wildman–Crippen LogP) is 2.82. The maximum Gasteiger partial charge on any atom is 0.285 e. The van der Waals surface area contributed by atoms with Crippen LogP contribution in [-0.4, -0.2) is 23.0 Å². The first kappa shape index (κ1) is 17.5. The Morgan fingerprint density at radius 2 is 1.92 bits per heavy atom. The number of nitriles is 1. The molecule has 0 N–H and O–H groups in total. The highest BCUT2D eigenvalue weighted by atomic mass is 79.9. The van der Waals surface area contributed by atoms with E-state index in [1.165, 1.54) is 4.68 Å². The number of aromatic nitrogens is 2. The second kappa shape index (κ2) is 7.28. The first-order valence-electron chi connectivity index (χ1n) is 8.20. The van der Waals surface area contributed by atoms with Gasteiger partial charge < -0.3 is 9.47 Å². The third kappa shape index (κ3) is 3.27. The fourth-order valence-electron chi connectivity index (χ4n) is 2.93. The van der Waals surface area contributed by atoms with Gasteiger partial charge >= 0.3 is 0 Å². The van der Waals surface area contributed by atoms with Crippen LogP contribution < -0.4 is 15.0 Å². The lowest BCUT2D eigenvalue weighted by molar-refractivity contribution is 0.171. The van der Waals surface area contributed by atoms with Crippen molar-refractivity contribution in [1.82, 2.24) is 9.78 Å². The molecule has 1 aliphatic heterocycles. The van der Waals surface area contributed by atoms with E-state index in [0.717, 1.165) is 21.3 Å². The van der Waals surface area contributed by atoms with E-state index in [1.54, 1.807) is 0 Å². The molecule has 0 fully saturated rings. The van der Waals surface area contributed by atoms with Gasteiger partial charge in [-0.3, -0.25) is 4.79 Å². The SMILES string of the molecule is CCc1nn(Cc2cc3c(cc2Br)OCCO3)c(=O)c(C#N)c1CC. The van der Waals surface area contributed by atoms with E-state index in [4.69, 9.17) is 9.47 Å². The van der Waals surface area contributed by atoms with Crippen LogP contribution in [0.1, 0.15) is 36.2 Å². The molecule has 0 spiro atoms. The molecule has 130 valence electrons. The molecule has 0 atom stereocenters. The smallest absolute Gasteiger partial charge is 0.285 e. The highest BCUT2D eigenvalue weighted by molar-refractivity contribution is 9.10. The summed E-state index contributed by atoms with van der Waals surface area (Å²) >= 11 is 3.51. The number of ether oxygens (including phenoxy) is 2. The minimum atomic E-state index is -0.363. The third-order valence-electron chi connectivity index (χ3n) is 4.17. The number of hydrogen-bond donors (Lipinski definition) is 0. The summed E-state index contributed by atoms with van der Waals surface area (Å²) in [7, 11) is 0. The Morgan fingerprint density at radius 3 is 2.52 bits per heavy atom. The Kier molecular flexibility index (Phi) is 5.09. The molecule has 2 heterocycles. The Hall–Kier alpha value is -2.33. The summed E-state index contributed by atoms with van der Waals surface area (Å²) in [5, 5.41) is 13.9. The van der Waals surface area contributed by atoms with Crippen molar-refractivity contribution < 1.29 is 9.47 Å². The van der Waals surface area contributed by atoms with Crippen molar-refractivity contribution in [3.63, 3.8) is 0 Å². The van der Waals surface area contributed by atoms with E-state index in [1.807, 2.05) is 26.0 Å². The van der Waals surface area contributed by atoms with Crippen molar-refractivity contribution in [2.75, 3.05) is 13.2 Å². The molecule has 0 aliphatic carbocycles. The van der Waals surface area contributed by atoms with Crippen molar-refractivity contribution >= 4 is 15.9 Å². The zero-order valence-electron chi connectivity index (χ0n) is 14.1. The van der Waals surface area contributed by atoms with Crippen LogP contribution in [0.25, 0.3) is 0 Å². The highest BCUT2D eigenvalue weighted by Crippen LogP contribution is 2.35. The van der Waals surface area contributed by atoms with Crippen LogP contribution in [0.5, 0.6) is 11.5 Å². The second-order valence-corrected chi connectivity index (χ2v) is 6.52. The van der Waals surface area contributed by atoms with Gasteiger partial charge in [0.15, 0.2) is 11.5 Å². The molecule has 7 heteroatoms. The van der Waals surface area contributed by atoms with Gasteiger partial charge in [0.05, 0.1) is 12.2 Å². The highest BCUT2D eigenvalue weighted by Gasteiger charge is 2.18. The van der Waals surface area contributed by atoms with Crippen molar-refractivity contribution in [2.45, 2.75) is 33.2 Å². The van der Waals surface area contributed by atoms with Gasteiger partial charge in [0, 0.05) is 4.47 Å². The number of aryl methyl sites for hydroxylation is 1. The van der Waals surface area contributed by atoms with Gasteiger partial charge in [-0.1, -0.05) is 29.8 Å². The third-order valence-corrected chi connectivity index (χ3v) is 4.91. The fourth-order valence-corrected chi connectivity index (χ4v) is 3.38. The monoisotopic (exact) mass is 403 g/mol. The molecular weight excluding hydrogens is 386 g/mol. The summed E-state index contributed by atoms with van der Waals surface area (Å²) in [6.45, 7) is 5.16. The molecule has 25 heavy (non-hydrogen) atoms. The Balaban J connectivity index is 2.07. The molecule has 0 radical (unpaired) electrons. The van der Waals surface area contributed by atoms with E-state index >= 15 is 0 Å². The first-order valence-corrected chi connectivity index (χ1v) is 8.99. The standard InChI is InChI=1S/C18H18BrN3O3/c1-3-12-13(9-20)18(23)22(21-15(12)4-2)10-11-7-16-17(8-14(11)19)25-6-5-24-16/h7-8H,3-6,10H2,1-2H3. The number of benzene rings is 1. The van der Waals surface area contributed by atoms with Crippen LogP contribution in [0, 0.1) is 11.3 Å². The molecule has 2 aromatic rings. The molecule has 3 rings (SSSR count). The Labute approximate surface area is 154 Å². The normalized spacial score (nSPS) is 12.7. The molecule has 0 unspecified atom stereocenters. The number of halogens is 1. The maximum absolute atomic E-state index is 12.7. The minimum absolute atomic E-state index is 0.183. The van der Waals surface area contributed by atoms with Crippen molar-refractivity contribution in [2.24, 2.45) is 0 Å². The Bertz CT molecular complexity index is 915. The minimum Gasteiger partial charge on any atom is -0.486 e. The quantitative estimate of drug-likeness (QED) is 0.783. The lowest BCUT2D eigenvalue weighted by atomic mass is 10.0. The topological polar surface area (TPSA) is 77.1 Å². The van der Waals surface area contributed by atoms with Crippen LogP contribution in [0.3, 0.4) is 0 Å². The summed E-state index contributed by atoms with van der Waals surface area (Å²) in [6, 6.07) is 5.73. The van der Waals surface area contributed by atoms with Gasteiger partial charge in [-0.2, -0.15) is 10.4 Å². The summed E-state index contributed by atoms with van der Waals surface area (Å²) in [4.78, 5) is 12.7. The second-order valence-electron chi connectivity index (χ2n) is 5.67. The van der Waals surface area contributed by atoms with Crippen molar-refractivity contribution in [3.05, 3.63) is 49.3 Å². The van der Waals surface area contributed by atoms with Gasteiger partial charge in [-0.25, -0.2) is 4.68 Å². The summed E-state index contributed by atoms with van der Waals surface area (Å²) in [5.41, 5.74) is 2.19. The van der Waals surface area contributed by atoms with Crippen LogP contribution in [-0.2, 0) is 19.4 Å². The van der Waals surface area contributed by atoms with Gasteiger partial charge in [0.2, 0.25) is 0 Å². The van der Waals surface area contributed by atoms with E-state index in [-0.39, 0.29) is 17.7 Å². The molecule has 0 amide bonds. The summed E-state index contributed by atoms with van der Waals surface area (Å²) < 4.78 is 13.3. The molecule has 0 saturated carbocycles. The lowest BCUT2D eigenvalue weighted by Gasteiger charge is -2.20. The lowest BCUT2D eigenvalue weighted by Crippen LogP contribution is -2.29. The summed E-state index contributed by atoms with van der Waals surface area (Å²) in [6.07, 6.45) is 1.28. The van der Waals surface area contributed by atoms with Gasteiger partial charge in [0.25, 0.3) is 5.56 Å². The van der Waals surface area contributed by atoms with Crippen LogP contribution in [0.15, 0.2) is 21.4 Å². The van der Waals surface area contributed by atoms with Gasteiger partial charge in [-0.05, 0) is 36.1 Å². The molecule has 1 aliphatic rings. The van der Waals surface area contributed by atoms with Crippen LogP contribution in [0.4, 0.5) is 0 Å². The number of nitrogens with zero attached hydrogens (tertiary/aromatic N) is 3. The Morgan fingerprint density at radius 1 is 1.24 bits per heavy atom. The van der Waals surface area contributed by atoms with Gasteiger partial charge in [0.1, 0.15) is 24.8 Å². The van der Waals surface area contributed by atoms with E-state index in [9.17, 15) is 10.1 Å².